The number of aromatic nitrogens is 3. The molecule has 1 aliphatic heterocycles. The molecule has 0 fully saturated rings. The lowest BCUT2D eigenvalue weighted by molar-refractivity contribution is 0.726. The molecule has 0 aliphatic carbocycles. The quantitative estimate of drug-likeness (QED) is 0.467. The third-order valence-corrected chi connectivity index (χ3v) is 7.49. The number of hydrogen-bond acceptors (Lipinski definition) is 6. The van der Waals surface area contributed by atoms with E-state index >= 15 is 0 Å². The van der Waals surface area contributed by atoms with Crippen molar-refractivity contribution < 1.29 is 0 Å². The van der Waals surface area contributed by atoms with Crippen LogP contribution >= 0.6 is 34.0 Å². The van der Waals surface area contributed by atoms with Crippen molar-refractivity contribution in [3.8, 4) is 10.6 Å². The highest BCUT2D eigenvalue weighted by Gasteiger charge is 2.23. The highest BCUT2D eigenvalue weighted by molar-refractivity contribution is 7.18. The molecule has 7 heteroatoms. The van der Waals surface area contributed by atoms with E-state index in [9.17, 15) is 4.79 Å². The first-order valence-corrected chi connectivity index (χ1v) is 11.0. The zero-order valence-corrected chi connectivity index (χ0v) is 16.7. The summed E-state index contributed by atoms with van der Waals surface area (Å²) in [6.07, 6.45) is 2.90. The molecule has 0 atom stereocenters. The Hall–Kier alpha value is -2.09. The third kappa shape index (κ3) is 2.42. The Labute approximate surface area is 162 Å². The van der Waals surface area contributed by atoms with Crippen LogP contribution in [0.15, 0.2) is 27.0 Å². The van der Waals surface area contributed by atoms with Gasteiger partial charge in [0.25, 0.3) is 5.56 Å². The molecule has 0 unspecified atom stereocenters. The molecule has 4 aromatic rings. The van der Waals surface area contributed by atoms with Crippen molar-refractivity contribution in [1.82, 2.24) is 14.5 Å². The van der Waals surface area contributed by atoms with Crippen molar-refractivity contribution in [2.45, 2.75) is 26.8 Å². The highest BCUT2D eigenvalue weighted by Crippen LogP contribution is 2.33. The summed E-state index contributed by atoms with van der Waals surface area (Å²) in [6.45, 7) is 4.75. The Kier molecular flexibility index (Phi) is 3.70. The average Bonchev–Trinajstić information content (AvgIpc) is 3.38. The van der Waals surface area contributed by atoms with Gasteiger partial charge in [0.2, 0.25) is 0 Å². The van der Waals surface area contributed by atoms with Crippen LogP contribution in [0, 0.1) is 13.8 Å². The van der Waals surface area contributed by atoms with Crippen LogP contribution in [0.1, 0.15) is 28.4 Å². The smallest absolute Gasteiger partial charge is 0.262 e. The van der Waals surface area contributed by atoms with Gasteiger partial charge in [-0.1, -0.05) is 0 Å². The van der Waals surface area contributed by atoms with E-state index in [4.69, 9.17) is 9.97 Å². The predicted octanol–water partition coefficient (Wildman–Crippen LogP) is 5.20. The number of aryl methyl sites for hydroxylation is 2. The first-order chi connectivity index (χ1) is 12.6. The lowest BCUT2D eigenvalue weighted by Gasteiger charge is -2.03. The molecule has 0 saturated carbocycles. The zero-order valence-electron chi connectivity index (χ0n) is 14.3. The summed E-state index contributed by atoms with van der Waals surface area (Å²) in [7, 11) is 0. The zero-order chi connectivity index (χ0) is 17.8. The Bertz CT molecular complexity index is 1230. The summed E-state index contributed by atoms with van der Waals surface area (Å²) in [5, 5.41) is 8.06. The molecule has 1 aliphatic rings. The molecule has 0 bridgehead atoms. The molecule has 0 N–H and O–H groups in total. The number of nitrogens with zero attached hydrogens (tertiary/aromatic N) is 3. The van der Waals surface area contributed by atoms with E-state index in [2.05, 4.69) is 35.2 Å². The minimum Gasteiger partial charge on any atom is -0.292 e. The molecule has 4 nitrogen and oxygen atoms in total. The minimum atomic E-state index is 0.0903. The monoisotopic (exact) mass is 397 g/mol. The molecule has 5 rings (SSSR count). The molecule has 5 heterocycles. The summed E-state index contributed by atoms with van der Waals surface area (Å²) in [5.74, 6) is 0.800. The first kappa shape index (κ1) is 16.1. The van der Waals surface area contributed by atoms with Crippen LogP contribution in [-0.2, 0) is 6.54 Å². The number of allylic oxidation sites excluding steroid dienone is 1. The van der Waals surface area contributed by atoms with Crippen LogP contribution in [0.3, 0.4) is 0 Å². The van der Waals surface area contributed by atoms with E-state index in [1.165, 1.54) is 4.88 Å². The number of thiazole rings is 1. The normalized spacial score (nSPS) is 15.2. The van der Waals surface area contributed by atoms with Crippen molar-refractivity contribution in [3.05, 3.63) is 54.5 Å². The van der Waals surface area contributed by atoms with Gasteiger partial charge in [0.1, 0.15) is 15.7 Å². The largest absolute Gasteiger partial charge is 0.292 e. The van der Waals surface area contributed by atoms with E-state index in [-0.39, 0.29) is 5.56 Å². The van der Waals surface area contributed by atoms with Gasteiger partial charge in [0.05, 0.1) is 11.1 Å². The van der Waals surface area contributed by atoms with Crippen molar-refractivity contribution in [2.24, 2.45) is 0 Å². The maximum Gasteiger partial charge on any atom is 0.262 e. The van der Waals surface area contributed by atoms with Gasteiger partial charge in [-0.25, -0.2) is 9.97 Å². The minimum absolute atomic E-state index is 0.0903. The molecule has 0 amide bonds. The Morgan fingerprint density at radius 1 is 1.23 bits per heavy atom. The van der Waals surface area contributed by atoms with Gasteiger partial charge < -0.3 is 0 Å². The van der Waals surface area contributed by atoms with Crippen molar-refractivity contribution >= 4 is 55.9 Å². The fourth-order valence-corrected chi connectivity index (χ4v) is 5.82. The summed E-state index contributed by atoms with van der Waals surface area (Å²) >= 11 is 4.93. The third-order valence-electron chi connectivity index (χ3n) is 4.79. The maximum atomic E-state index is 12.9. The molecule has 4 aromatic heterocycles. The van der Waals surface area contributed by atoms with Gasteiger partial charge in [-0.3, -0.25) is 9.36 Å². The second-order valence-corrected chi connectivity index (χ2v) is 9.21. The van der Waals surface area contributed by atoms with Crippen LogP contribution < -0.4 is 5.56 Å². The van der Waals surface area contributed by atoms with Gasteiger partial charge in [-0.05, 0) is 48.9 Å². The van der Waals surface area contributed by atoms with Gasteiger partial charge in [-0.15, -0.1) is 22.7 Å². The topological polar surface area (TPSA) is 47.8 Å². The van der Waals surface area contributed by atoms with Crippen molar-refractivity contribution in [1.29, 1.82) is 0 Å². The molecule has 26 heavy (non-hydrogen) atoms. The van der Waals surface area contributed by atoms with E-state index in [1.807, 2.05) is 11.5 Å². The van der Waals surface area contributed by atoms with Crippen LogP contribution in [0.4, 0.5) is 0 Å². The fraction of sp³-hybridized carbons (Fsp3) is 0.211. The van der Waals surface area contributed by atoms with Crippen LogP contribution in [0.25, 0.3) is 32.4 Å². The second-order valence-electron chi connectivity index (χ2n) is 6.36. The van der Waals surface area contributed by atoms with Crippen molar-refractivity contribution in [3.63, 3.8) is 0 Å². The number of hydrogen-bond donors (Lipinski definition) is 0. The van der Waals surface area contributed by atoms with Crippen molar-refractivity contribution in [2.75, 3.05) is 0 Å². The van der Waals surface area contributed by atoms with E-state index in [1.54, 1.807) is 34.0 Å². The molecular formula is C19H15N3OS3. The Morgan fingerprint density at radius 3 is 2.92 bits per heavy atom. The van der Waals surface area contributed by atoms with Gasteiger partial charge in [0, 0.05) is 27.7 Å². The highest BCUT2D eigenvalue weighted by atomic mass is 32.1. The standard InChI is InChI=1S/C19H15N3OS3/c1-10-11(2)26-18-15(10)19(23)22-5-3-12(16(22)21-18)7-14-9-25-17(20-14)13-4-6-24-8-13/h4,6-9H,3,5H2,1-2H3/b12-7-. The lowest BCUT2D eigenvalue weighted by atomic mass is 10.2. The molecule has 0 saturated heterocycles. The van der Waals surface area contributed by atoms with Crippen LogP contribution in [0.2, 0.25) is 0 Å². The summed E-state index contributed by atoms with van der Waals surface area (Å²) in [5.41, 5.74) is 4.35. The molecule has 0 spiro atoms. The number of fused-ring (bicyclic) bond motifs is 2. The average molecular weight is 398 g/mol. The van der Waals surface area contributed by atoms with Crippen LogP contribution in [-0.4, -0.2) is 14.5 Å². The van der Waals surface area contributed by atoms with E-state index in [0.29, 0.717) is 6.54 Å². The van der Waals surface area contributed by atoms with Gasteiger partial charge in [-0.2, -0.15) is 11.3 Å². The summed E-state index contributed by atoms with van der Waals surface area (Å²) < 4.78 is 1.82. The SMILES string of the molecule is Cc1sc2nc3n(c(=O)c2c1C)CC/C3=C/c1csc(-c2ccsc2)n1. The molecular weight excluding hydrogens is 382 g/mol. The molecule has 130 valence electrons. The Morgan fingerprint density at radius 2 is 2.12 bits per heavy atom. The lowest BCUT2D eigenvalue weighted by Crippen LogP contribution is -2.20. The Balaban J connectivity index is 1.61. The summed E-state index contributed by atoms with van der Waals surface area (Å²) in [6, 6.07) is 2.09. The first-order valence-electron chi connectivity index (χ1n) is 8.31. The van der Waals surface area contributed by atoms with Gasteiger partial charge in [0.15, 0.2) is 0 Å². The second kappa shape index (κ2) is 5.97. The van der Waals surface area contributed by atoms with E-state index in [0.717, 1.165) is 49.9 Å². The van der Waals surface area contributed by atoms with Crippen LogP contribution in [0.5, 0.6) is 0 Å². The summed E-state index contributed by atoms with van der Waals surface area (Å²) in [4.78, 5) is 24.5. The molecule has 0 aromatic carbocycles. The van der Waals surface area contributed by atoms with E-state index < -0.39 is 0 Å². The molecule has 0 radical (unpaired) electrons. The fourth-order valence-electron chi connectivity index (χ4n) is 3.31. The van der Waals surface area contributed by atoms with Gasteiger partial charge >= 0.3 is 0 Å². The number of rotatable bonds is 2. The maximum absolute atomic E-state index is 12.9. The predicted molar refractivity (Wildman–Crippen MR) is 111 cm³/mol. The number of thiophene rings is 2.